The minimum absolute atomic E-state index is 0.0548. The Kier molecular flexibility index (Phi) is 6.45. The van der Waals surface area contributed by atoms with Crippen molar-refractivity contribution < 1.29 is 33.7 Å². The van der Waals surface area contributed by atoms with Crippen LogP contribution in [0.4, 0.5) is 14.9 Å². The number of aryl methyl sites for hydroxylation is 1. The number of carboxylic acid groups (broad SMARTS) is 1. The van der Waals surface area contributed by atoms with E-state index < -0.39 is 29.9 Å². The average molecular weight is 538 g/mol. The van der Waals surface area contributed by atoms with Crippen LogP contribution >= 0.6 is 0 Å². The van der Waals surface area contributed by atoms with Gasteiger partial charge in [-0.15, -0.1) is 0 Å². The Bertz CT molecular complexity index is 1470. The molecule has 3 unspecified atom stereocenters. The van der Waals surface area contributed by atoms with Crippen molar-refractivity contribution in [3.63, 3.8) is 0 Å². The van der Waals surface area contributed by atoms with Crippen molar-refractivity contribution in [1.29, 1.82) is 0 Å². The molecule has 1 fully saturated rings. The molecule has 0 spiro atoms. The molecular weight excluding hydrogens is 505 g/mol. The average Bonchev–Trinajstić information content (AvgIpc) is 3.57. The van der Waals surface area contributed by atoms with Crippen molar-refractivity contribution in [3.8, 4) is 5.75 Å². The van der Waals surface area contributed by atoms with Crippen molar-refractivity contribution in [1.82, 2.24) is 9.55 Å². The van der Waals surface area contributed by atoms with E-state index in [0.717, 1.165) is 23.9 Å². The molecule has 39 heavy (non-hydrogen) atoms. The van der Waals surface area contributed by atoms with E-state index in [-0.39, 0.29) is 17.8 Å². The number of halogens is 1. The molecular formula is C29H32FN3O6. The van der Waals surface area contributed by atoms with Crippen LogP contribution < -0.4 is 9.64 Å². The van der Waals surface area contributed by atoms with E-state index in [2.05, 4.69) is 0 Å². The van der Waals surface area contributed by atoms with E-state index in [1.54, 1.807) is 11.0 Å². The monoisotopic (exact) mass is 537 g/mol. The number of hydrogen-bond donors (Lipinski definition) is 2. The van der Waals surface area contributed by atoms with Gasteiger partial charge in [0.25, 0.3) is 0 Å². The summed E-state index contributed by atoms with van der Waals surface area (Å²) in [6.07, 6.45) is 2.76. The predicted octanol–water partition coefficient (Wildman–Crippen LogP) is 4.92. The lowest BCUT2D eigenvalue weighted by Crippen LogP contribution is -2.42. The number of carbonyl (C=O) groups excluding carboxylic acids is 1. The van der Waals surface area contributed by atoms with Gasteiger partial charge in [-0.25, -0.2) is 14.2 Å². The highest BCUT2D eigenvalue weighted by Gasteiger charge is 2.36. The minimum Gasteiger partial charge on any atom is -0.490 e. The number of aliphatic hydroxyl groups excluding tert-OH is 1. The molecule has 0 saturated heterocycles. The standard InChI is InChI=1S/C29H32FN3O6/c1-15-6-7-20-22(32(15)29(37)38-2)8-9-23-24(20)31-27(33(23)19-5-3-4-17(13-19)28(35)36)25(34)18-12-16-10-11-39-26(16)21(30)14-18/h8-9,12,14-15,17,19,25,34H,3-7,10-11,13H2,1-2H3,(H,35,36)/t15-,17?,19?,25?/m0/s1. The molecule has 3 heterocycles. The van der Waals surface area contributed by atoms with Crippen LogP contribution in [0.5, 0.6) is 5.75 Å². The quantitative estimate of drug-likeness (QED) is 0.486. The third-order valence-corrected chi connectivity index (χ3v) is 8.54. The second-order valence-electron chi connectivity index (χ2n) is 10.8. The fourth-order valence-electron chi connectivity index (χ4n) is 6.58. The van der Waals surface area contributed by atoms with Crippen LogP contribution in [0.2, 0.25) is 0 Å². The first-order valence-corrected chi connectivity index (χ1v) is 13.5. The van der Waals surface area contributed by atoms with Crippen LogP contribution in [-0.2, 0) is 22.4 Å². The van der Waals surface area contributed by atoms with Gasteiger partial charge >= 0.3 is 12.1 Å². The van der Waals surface area contributed by atoms with Crippen LogP contribution in [-0.4, -0.2) is 51.6 Å². The Morgan fingerprint density at radius 2 is 2.03 bits per heavy atom. The lowest BCUT2D eigenvalue weighted by atomic mass is 9.85. The molecule has 2 aliphatic heterocycles. The summed E-state index contributed by atoms with van der Waals surface area (Å²) in [6.45, 7) is 2.36. The van der Waals surface area contributed by atoms with Crippen molar-refractivity contribution in [2.24, 2.45) is 5.92 Å². The molecule has 0 radical (unpaired) electrons. The minimum atomic E-state index is -1.24. The molecule has 4 atom stereocenters. The van der Waals surface area contributed by atoms with Crippen LogP contribution in [0.15, 0.2) is 24.3 Å². The highest BCUT2D eigenvalue weighted by Crippen LogP contribution is 2.43. The number of aliphatic hydroxyl groups is 1. The van der Waals surface area contributed by atoms with Crippen molar-refractivity contribution in [2.45, 2.75) is 70.1 Å². The van der Waals surface area contributed by atoms with Gasteiger partial charge in [0.05, 0.1) is 36.4 Å². The number of fused-ring (bicyclic) bond motifs is 4. The number of imidazole rings is 1. The fraction of sp³-hybridized carbons (Fsp3) is 0.483. The summed E-state index contributed by atoms with van der Waals surface area (Å²) in [7, 11) is 1.35. The highest BCUT2D eigenvalue weighted by atomic mass is 19.1. The summed E-state index contributed by atoms with van der Waals surface area (Å²) >= 11 is 0. The molecule has 10 heteroatoms. The Balaban J connectivity index is 1.53. The van der Waals surface area contributed by atoms with E-state index in [0.29, 0.717) is 66.9 Å². The molecule has 1 saturated carbocycles. The van der Waals surface area contributed by atoms with Gasteiger partial charge in [0, 0.05) is 29.6 Å². The van der Waals surface area contributed by atoms with Crippen molar-refractivity contribution in [3.05, 3.63) is 52.6 Å². The van der Waals surface area contributed by atoms with E-state index in [9.17, 15) is 24.2 Å². The maximum atomic E-state index is 14.9. The molecule has 1 aliphatic carbocycles. The summed E-state index contributed by atoms with van der Waals surface area (Å²) in [5, 5.41) is 21.4. The summed E-state index contributed by atoms with van der Waals surface area (Å²) in [4.78, 5) is 31.1. The number of carbonyl (C=O) groups is 2. The van der Waals surface area contributed by atoms with E-state index in [1.807, 2.05) is 23.6 Å². The van der Waals surface area contributed by atoms with Crippen LogP contribution in [0.3, 0.4) is 0 Å². The van der Waals surface area contributed by atoms with Crippen LogP contribution in [0.1, 0.15) is 73.7 Å². The number of nitrogens with zero attached hydrogens (tertiary/aromatic N) is 3. The lowest BCUT2D eigenvalue weighted by Gasteiger charge is -2.34. The SMILES string of the molecule is COC(=O)N1c2ccc3c(nc(C(O)c4cc(F)c5c(c4)CCO5)n3C3CCCC(C(=O)O)C3)c2CC[C@@H]1C. The van der Waals surface area contributed by atoms with Crippen LogP contribution in [0.25, 0.3) is 11.0 Å². The molecule has 6 rings (SSSR count). The molecule has 2 N–H and O–H groups in total. The third kappa shape index (κ3) is 4.21. The predicted molar refractivity (Wildman–Crippen MR) is 141 cm³/mol. The first-order chi connectivity index (χ1) is 18.8. The number of ether oxygens (including phenoxy) is 2. The Morgan fingerprint density at radius 3 is 2.79 bits per heavy atom. The van der Waals surface area contributed by atoms with Gasteiger partial charge in [-0.1, -0.05) is 6.42 Å². The summed E-state index contributed by atoms with van der Waals surface area (Å²) in [5.74, 6) is -1.27. The zero-order chi connectivity index (χ0) is 27.4. The van der Waals surface area contributed by atoms with Gasteiger partial charge in [0.15, 0.2) is 11.6 Å². The normalized spacial score (nSPS) is 23.2. The number of methoxy groups -OCH3 is 1. The number of anilines is 1. The second-order valence-corrected chi connectivity index (χ2v) is 10.8. The molecule has 3 aliphatic rings. The number of amides is 1. The molecule has 0 bridgehead atoms. The number of carboxylic acids is 1. The number of hydrogen-bond acceptors (Lipinski definition) is 6. The number of benzene rings is 2. The smallest absolute Gasteiger partial charge is 0.414 e. The van der Waals surface area contributed by atoms with E-state index >= 15 is 0 Å². The van der Waals surface area contributed by atoms with Crippen LogP contribution in [0, 0.1) is 11.7 Å². The molecule has 1 aromatic heterocycles. The van der Waals surface area contributed by atoms with Crippen molar-refractivity contribution >= 4 is 28.8 Å². The van der Waals surface area contributed by atoms with Gasteiger partial charge in [-0.2, -0.15) is 0 Å². The molecule has 2 aromatic carbocycles. The zero-order valence-corrected chi connectivity index (χ0v) is 22.0. The fourth-order valence-corrected chi connectivity index (χ4v) is 6.58. The third-order valence-electron chi connectivity index (χ3n) is 8.54. The summed E-state index contributed by atoms with van der Waals surface area (Å²) in [5.41, 5.74) is 4.09. The topological polar surface area (TPSA) is 114 Å². The van der Waals surface area contributed by atoms with E-state index in [1.165, 1.54) is 13.2 Å². The molecule has 3 aromatic rings. The Hall–Kier alpha value is -3.66. The first-order valence-electron chi connectivity index (χ1n) is 13.5. The van der Waals surface area contributed by atoms with E-state index in [4.69, 9.17) is 14.5 Å². The van der Waals surface area contributed by atoms with Crippen molar-refractivity contribution in [2.75, 3.05) is 18.6 Å². The maximum Gasteiger partial charge on any atom is 0.414 e. The van der Waals surface area contributed by atoms with Gasteiger partial charge in [-0.05, 0) is 68.9 Å². The molecule has 206 valence electrons. The Morgan fingerprint density at radius 1 is 1.21 bits per heavy atom. The summed E-state index contributed by atoms with van der Waals surface area (Å²) < 4.78 is 27.3. The van der Waals surface area contributed by atoms with Gasteiger partial charge < -0.3 is 24.3 Å². The first kappa shape index (κ1) is 25.6. The maximum absolute atomic E-state index is 14.9. The lowest BCUT2D eigenvalue weighted by molar-refractivity contribution is -0.143. The number of rotatable bonds is 4. The Labute approximate surface area is 225 Å². The molecule has 9 nitrogen and oxygen atoms in total. The second kappa shape index (κ2) is 9.82. The number of aromatic nitrogens is 2. The number of aliphatic carboxylic acids is 1. The van der Waals surface area contributed by atoms with Gasteiger partial charge in [-0.3, -0.25) is 9.69 Å². The molecule has 1 amide bonds. The largest absolute Gasteiger partial charge is 0.490 e. The van der Waals surface area contributed by atoms with Gasteiger partial charge in [0.2, 0.25) is 0 Å². The zero-order valence-electron chi connectivity index (χ0n) is 22.0. The van der Waals surface area contributed by atoms with Gasteiger partial charge in [0.1, 0.15) is 11.9 Å². The highest BCUT2D eigenvalue weighted by molar-refractivity contribution is 5.95. The summed E-state index contributed by atoms with van der Waals surface area (Å²) in [6, 6.07) is 6.55.